The predicted octanol–water partition coefficient (Wildman–Crippen LogP) is 13.5. The van der Waals surface area contributed by atoms with Gasteiger partial charge in [-0.1, -0.05) is 115 Å². The lowest BCUT2D eigenvalue weighted by molar-refractivity contribution is 0.595. The highest BCUT2D eigenvalue weighted by atomic mass is 32.2. The van der Waals surface area contributed by atoms with E-state index in [2.05, 4.69) is 137 Å². The third kappa shape index (κ3) is 5.38. The van der Waals surface area contributed by atoms with Crippen LogP contribution in [0.1, 0.15) is 0 Å². The van der Waals surface area contributed by atoms with Gasteiger partial charge in [0.15, 0.2) is 0 Å². The summed E-state index contributed by atoms with van der Waals surface area (Å²) in [6.07, 6.45) is 0. The lowest BCUT2D eigenvalue weighted by Gasteiger charge is -2.33. The molecule has 0 radical (unpaired) electrons. The van der Waals surface area contributed by atoms with Crippen LogP contribution >= 0.6 is 11.3 Å². The number of rotatable bonds is 6. The van der Waals surface area contributed by atoms with Crippen molar-refractivity contribution in [2.24, 2.45) is 0 Å². The van der Waals surface area contributed by atoms with Crippen molar-refractivity contribution in [3.63, 3.8) is 0 Å². The third-order valence-corrected chi connectivity index (χ3v) is 13.2. The summed E-state index contributed by atoms with van der Waals surface area (Å²) in [4.78, 5) is 4.99. The molecule has 9 aromatic rings. The van der Waals surface area contributed by atoms with Crippen molar-refractivity contribution < 1.29 is 8.42 Å². The van der Waals surface area contributed by atoms with E-state index in [1.807, 2.05) is 53.8 Å². The van der Waals surface area contributed by atoms with Crippen molar-refractivity contribution in [2.45, 2.75) is 9.79 Å². The second kappa shape index (κ2) is 12.9. The molecule has 0 saturated carbocycles. The van der Waals surface area contributed by atoms with Crippen LogP contribution in [0.5, 0.6) is 0 Å². The van der Waals surface area contributed by atoms with Gasteiger partial charge in [0.25, 0.3) is 0 Å². The van der Waals surface area contributed by atoms with Crippen molar-refractivity contribution in [2.75, 3.05) is 9.80 Å². The van der Waals surface area contributed by atoms with Gasteiger partial charge < -0.3 is 9.80 Å². The fourth-order valence-electron chi connectivity index (χ4n) is 7.63. The summed E-state index contributed by atoms with van der Waals surface area (Å²) in [6.45, 7) is 0. The molecule has 0 aliphatic carbocycles. The molecule has 2 heterocycles. The minimum Gasteiger partial charge on any atom is -0.310 e. The Hall–Kier alpha value is -6.47. The molecule has 0 bridgehead atoms. The van der Waals surface area contributed by atoms with Gasteiger partial charge in [-0.2, -0.15) is 0 Å². The number of fused-ring (bicyclic) bond motifs is 5. The van der Waals surface area contributed by atoms with E-state index in [1.165, 1.54) is 31.3 Å². The smallest absolute Gasteiger partial charge is 0.210 e. The zero-order chi connectivity index (χ0) is 36.2. The van der Waals surface area contributed by atoms with E-state index in [0.717, 1.165) is 33.9 Å². The van der Waals surface area contributed by atoms with Gasteiger partial charge in [0.05, 0.1) is 21.2 Å². The average Bonchev–Trinajstić information content (AvgIpc) is 3.60. The van der Waals surface area contributed by atoms with Gasteiger partial charge >= 0.3 is 0 Å². The van der Waals surface area contributed by atoms with E-state index >= 15 is 0 Å². The Morgan fingerprint density at radius 2 is 0.926 bits per heavy atom. The first-order valence-electron chi connectivity index (χ1n) is 17.8. The van der Waals surface area contributed by atoms with Crippen LogP contribution in [0, 0.1) is 0 Å². The zero-order valence-electron chi connectivity index (χ0n) is 29.0. The molecule has 4 nitrogen and oxygen atoms in total. The van der Waals surface area contributed by atoms with Crippen molar-refractivity contribution in [3.05, 3.63) is 194 Å². The molecule has 0 spiro atoms. The van der Waals surface area contributed by atoms with Crippen molar-refractivity contribution in [3.8, 4) is 22.3 Å². The maximum absolute atomic E-state index is 13.6. The Balaban J connectivity index is 1.05. The molecule has 0 unspecified atom stereocenters. The molecule has 1 aromatic heterocycles. The Morgan fingerprint density at radius 3 is 1.61 bits per heavy atom. The standard InChI is InChI=1S/C48H32N2O2S2/c51-54(52)47-19-8-5-16-43(47)50(44-17-6-9-20-48(44)54)39-14-10-13-36(31-39)35-23-27-38(28-24-35)49(37-25-21-34(22-26-37)33-11-2-1-3-12-33)40-29-30-42-41-15-4-7-18-45(41)53-46(42)32-40/h1-32H. The Labute approximate surface area is 318 Å². The lowest BCUT2D eigenvalue weighted by Crippen LogP contribution is -2.22. The SMILES string of the molecule is O=S1(=O)c2ccccc2N(c2cccc(-c3ccc(N(c4ccc(-c5ccccc5)cc4)c4ccc5c(c4)sc4ccccc45)cc3)c2)c2ccccc21. The minimum absolute atomic E-state index is 0.309. The third-order valence-electron chi connectivity index (χ3n) is 10.2. The van der Waals surface area contributed by atoms with E-state index in [0.29, 0.717) is 21.2 Å². The number of hydrogen-bond donors (Lipinski definition) is 0. The van der Waals surface area contributed by atoms with Crippen LogP contribution in [0.4, 0.5) is 34.1 Å². The van der Waals surface area contributed by atoms with Crippen molar-refractivity contribution in [1.82, 2.24) is 0 Å². The number of thiophene rings is 1. The van der Waals surface area contributed by atoms with E-state index in [1.54, 1.807) is 24.3 Å². The first-order valence-corrected chi connectivity index (χ1v) is 20.1. The summed E-state index contributed by atoms with van der Waals surface area (Å²) in [5.41, 5.74) is 9.85. The first kappa shape index (κ1) is 32.2. The molecule has 0 amide bonds. The van der Waals surface area contributed by atoms with Gasteiger partial charge in [0, 0.05) is 42.9 Å². The Bertz CT molecular complexity index is 2900. The van der Waals surface area contributed by atoms with Gasteiger partial charge in [0.1, 0.15) is 0 Å². The van der Waals surface area contributed by atoms with Gasteiger partial charge in [0.2, 0.25) is 9.84 Å². The maximum Gasteiger partial charge on any atom is 0.210 e. The van der Waals surface area contributed by atoms with Crippen LogP contribution in [-0.4, -0.2) is 8.42 Å². The molecule has 0 fully saturated rings. The van der Waals surface area contributed by atoms with Crippen LogP contribution in [0.2, 0.25) is 0 Å². The van der Waals surface area contributed by atoms with Crippen LogP contribution in [-0.2, 0) is 9.84 Å². The van der Waals surface area contributed by atoms with Gasteiger partial charge in [-0.15, -0.1) is 11.3 Å². The molecule has 6 heteroatoms. The summed E-state index contributed by atoms with van der Waals surface area (Å²) in [5.74, 6) is 0. The molecule has 0 saturated heterocycles. The zero-order valence-corrected chi connectivity index (χ0v) is 30.6. The summed E-state index contributed by atoms with van der Waals surface area (Å²) in [5, 5.41) is 2.55. The molecule has 54 heavy (non-hydrogen) atoms. The molecular weight excluding hydrogens is 701 g/mol. The highest BCUT2D eigenvalue weighted by Gasteiger charge is 2.34. The van der Waals surface area contributed by atoms with Crippen LogP contribution < -0.4 is 9.80 Å². The number of hydrogen-bond acceptors (Lipinski definition) is 5. The van der Waals surface area contributed by atoms with E-state index in [-0.39, 0.29) is 0 Å². The molecule has 258 valence electrons. The monoisotopic (exact) mass is 732 g/mol. The van der Waals surface area contributed by atoms with Crippen LogP contribution in [0.3, 0.4) is 0 Å². The predicted molar refractivity (Wildman–Crippen MR) is 225 cm³/mol. The molecule has 0 atom stereocenters. The topological polar surface area (TPSA) is 40.6 Å². The van der Waals surface area contributed by atoms with E-state index in [4.69, 9.17) is 0 Å². The summed E-state index contributed by atoms with van der Waals surface area (Å²) in [7, 11) is -3.65. The number of benzene rings is 8. The van der Waals surface area contributed by atoms with E-state index in [9.17, 15) is 8.42 Å². The van der Waals surface area contributed by atoms with E-state index < -0.39 is 9.84 Å². The largest absolute Gasteiger partial charge is 0.310 e. The van der Waals surface area contributed by atoms with Crippen LogP contribution in [0.15, 0.2) is 204 Å². The number of nitrogens with zero attached hydrogens (tertiary/aromatic N) is 2. The summed E-state index contributed by atoms with van der Waals surface area (Å²) >= 11 is 1.82. The highest BCUT2D eigenvalue weighted by molar-refractivity contribution is 7.92. The summed E-state index contributed by atoms with van der Waals surface area (Å²) in [6, 6.07) is 66.1. The molecule has 1 aliphatic heterocycles. The first-order chi connectivity index (χ1) is 26.5. The van der Waals surface area contributed by atoms with Gasteiger partial charge in [-0.25, -0.2) is 8.42 Å². The number of anilines is 6. The molecule has 10 rings (SSSR count). The Kier molecular flexibility index (Phi) is 7.68. The highest BCUT2D eigenvalue weighted by Crippen LogP contribution is 2.48. The maximum atomic E-state index is 13.6. The molecule has 1 aliphatic rings. The normalized spacial score (nSPS) is 13.1. The minimum atomic E-state index is -3.65. The Morgan fingerprint density at radius 1 is 0.407 bits per heavy atom. The fraction of sp³-hybridized carbons (Fsp3) is 0. The fourth-order valence-corrected chi connectivity index (χ4v) is 10.4. The number of para-hydroxylation sites is 2. The molecular formula is C48H32N2O2S2. The van der Waals surface area contributed by atoms with Gasteiger partial charge in [-0.05, 0) is 101 Å². The van der Waals surface area contributed by atoms with Crippen molar-refractivity contribution in [1.29, 1.82) is 0 Å². The quantitative estimate of drug-likeness (QED) is 0.171. The number of sulfone groups is 1. The summed E-state index contributed by atoms with van der Waals surface area (Å²) < 4.78 is 29.8. The van der Waals surface area contributed by atoms with Crippen molar-refractivity contribution >= 4 is 75.5 Å². The van der Waals surface area contributed by atoms with Crippen LogP contribution in [0.25, 0.3) is 42.4 Å². The second-order valence-corrected chi connectivity index (χ2v) is 16.4. The second-order valence-electron chi connectivity index (χ2n) is 13.4. The molecule has 0 N–H and O–H groups in total. The lowest BCUT2D eigenvalue weighted by atomic mass is 10.0. The molecule has 8 aromatic carbocycles. The van der Waals surface area contributed by atoms with Gasteiger partial charge in [-0.3, -0.25) is 0 Å². The average molecular weight is 733 g/mol.